The van der Waals surface area contributed by atoms with Crippen LogP contribution in [0.25, 0.3) is 0 Å². The van der Waals surface area contributed by atoms with Crippen molar-refractivity contribution in [3.05, 3.63) is 24.1 Å². The average Bonchev–Trinajstić information content (AvgIpc) is 2.34. The van der Waals surface area contributed by atoms with Crippen LogP contribution in [0, 0.1) is 5.82 Å². The highest BCUT2D eigenvalue weighted by Crippen LogP contribution is 2.10. The minimum Gasteiger partial charge on any atom is -0.241 e. The van der Waals surface area contributed by atoms with E-state index >= 15 is 0 Å². The van der Waals surface area contributed by atoms with Crippen LogP contribution in [0.5, 0.6) is 0 Å². The molecule has 0 unspecified atom stereocenters. The third-order valence-electron chi connectivity index (χ3n) is 2.33. The van der Waals surface area contributed by atoms with E-state index < -0.39 is 20.9 Å². The summed E-state index contributed by atoms with van der Waals surface area (Å²) < 4.78 is 39.1. The molecule has 0 aliphatic carbocycles. The zero-order valence-corrected chi connectivity index (χ0v) is 12.3. The molecule has 0 radical (unpaired) electrons. The topological polar surface area (TPSA) is 59.1 Å². The molecule has 0 aliphatic heterocycles. The van der Waals surface area contributed by atoms with E-state index in [2.05, 4.69) is 25.6 Å². The van der Waals surface area contributed by atoms with Crippen LogP contribution in [0.1, 0.15) is 25.7 Å². The first-order valence-corrected chi connectivity index (χ1v) is 8.34. The Balaban J connectivity index is 2.44. The molecule has 102 valence electrons. The first kappa shape index (κ1) is 15.5. The van der Waals surface area contributed by atoms with Gasteiger partial charge in [-0.2, -0.15) is 0 Å². The SMILES string of the molecule is O=S(=O)(NCCCCCCBr)c1ncccc1F. The second-order valence-electron chi connectivity index (χ2n) is 3.79. The molecule has 0 aromatic carbocycles. The molecule has 1 rings (SSSR count). The van der Waals surface area contributed by atoms with E-state index in [0.29, 0.717) is 6.54 Å². The largest absolute Gasteiger partial charge is 0.261 e. The van der Waals surface area contributed by atoms with Crippen molar-refractivity contribution >= 4 is 26.0 Å². The number of alkyl halides is 1. The molecular formula is C11H16BrFN2O2S. The summed E-state index contributed by atoms with van der Waals surface area (Å²) in [4.78, 5) is 3.55. The highest BCUT2D eigenvalue weighted by molar-refractivity contribution is 9.09. The summed E-state index contributed by atoms with van der Waals surface area (Å²) in [6.07, 6.45) is 5.06. The van der Waals surface area contributed by atoms with E-state index in [1.54, 1.807) is 0 Å². The number of nitrogens with one attached hydrogen (secondary N) is 1. The maximum atomic E-state index is 13.3. The van der Waals surface area contributed by atoms with Gasteiger partial charge in [0.25, 0.3) is 10.0 Å². The zero-order chi connectivity index (χ0) is 13.4. The number of hydrogen-bond acceptors (Lipinski definition) is 3. The minimum atomic E-state index is -3.83. The molecule has 0 saturated carbocycles. The molecule has 0 aliphatic rings. The fraction of sp³-hybridized carbons (Fsp3) is 0.545. The van der Waals surface area contributed by atoms with Crippen LogP contribution >= 0.6 is 15.9 Å². The summed E-state index contributed by atoms with van der Waals surface area (Å²) in [6.45, 7) is 0.306. The summed E-state index contributed by atoms with van der Waals surface area (Å²) in [5, 5.41) is 0.420. The smallest absolute Gasteiger partial charge is 0.241 e. The highest BCUT2D eigenvalue weighted by atomic mass is 79.9. The fourth-order valence-corrected chi connectivity index (χ4v) is 2.89. The Hall–Kier alpha value is -0.530. The van der Waals surface area contributed by atoms with Gasteiger partial charge in [0.05, 0.1) is 0 Å². The van der Waals surface area contributed by atoms with Crippen LogP contribution in [0.15, 0.2) is 23.4 Å². The maximum Gasteiger partial charge on any atom is 0.261 e. The van der Waals surface area contributed by atoms with Gasteiger partial charge in [0.15, 0.2) is 5.82 Å². The van der Waals surface area contributed by atoms with Gasteiger partial charge in [0.1, 0.15) is 0 Å². The molecule has 4 nitrogen and oxygen atoms in total. The van der Waals surface area contributed by atoms with E-state index in [1.165, 1.54) is 12.3 Å². The van der Waals surface area contributed by atoms with Crippen molar-refractivity contribution in [2.24, 2.45) is 0 Å². The van der Waals surface area contributed by atoms with E-state index in [4.69, 9.17) is 0 Å². The van der Waals surface area contributed by atoms with Crippen LogP contribution < -0.4 is 4.72 Å². The Bertz CT molecular complexity index is 468. The highest BCUT2D eigenvalue weighted by Gasteiger charge is 2.19. The monoisotopic (exact) mass is 338 g/mol. The number of sulfonamides is 1. The predicted molar refractivity (Wildman–Crippen MR) is 71.6 cm³/mol. The number of hydrogen-bond donors (Lipinski definition) is 1. The van der Waals surface area contributed by atoms with Gasteiger partial charge in [-0.25, -0.2) is 22.5 Å². The van der Waals surface area contributed by atoms with E-state index in [9.17, 15) is 12.8 Å². The molecule has 18 heavy (non-hydrogen) atoms. The molecule has 0 fully saturated rings. The van der Waals surface area contributed by atoms with Gasteiger partial charge in [0.2, 0.25) is 5.03 Å². The van der Waals surface area contributed by atoms with Gasteiger partial charge in [-0.15, -0.1) is 0 Å². The third-order valence-corrected chi connectivity index (χ3v) is 4.29. The maximum absolute atomic E-state index is 13.3. The molecule has 7 heteroatoms. The second kappa shape index (κ2) is 7.81. The van der Waals surface area contributed by atoms with Crippen molar-refractivity contribution in [1.29, 1.82) is 0 Å². The lowest BCUT2D eigenvalue weighted by molar-refractivity contribution is 0.541. The summed E-state index contributed by atoms with van der Waals surface area (Å²) in [7, 11) is -3.83. The number of unbranched alkanes of at least 4 members (excludes halogenated alkanes) is 3. The van der Waals surface area contributed by atoms with Crippen LogP contribution in [-0.4, -0.2) is 25.3 Å². The average molecular weight is 339 g/mol. The Morgan fingerprint density at radius 2 is 2.00 bits per heavy atom. The van der Waals surface area contributed by atoms with Gasteiger partial charge < -0.3 is 0 Å². The van der Waals surface area contributed by atoms with Crippen molar-refractivity contribution in [3.63, 3.8) is 0 Å². The molecule has 0 atom stereocenters. The van der Waals surface area contributed by atoms with Crippen molar-refractivity contribution in [2.45, 2.75) is 30.7 Å². The number of halogens is 2. The van der Waals surface area contributed by atoms with Crippen LogP contribution in [-0.2, 0) is 10.0 Å². The second-order valence-corrected chi connectivity index (χ2v) is 6.27. The molecule has 1 heterocycles. The summed E-state index contributed by atoms with van der Waals surface area (Å²) in [5.74, 6) is -0.829. The van der Waals surface area contributed by atoms with E-state index in [0.717, 1.165) is 37.1 Å². The predicted octanol–water partition coefficient (Wildman–Crippen LogP) is 2.45. The summed E-state index contributed by atoms with van der Waals surface area (Å²) in [5.41, 5.74) is 0. The van der Waals surface area contributed by atoms with Crippen molar-refractivity contribution in [3.8, 4) is 0 Å². The lowest BCUT2D eigenvalue weighted by Gasteiger charge is -2.06. The standard InChI is InChI=1S/C11H16BrFN2O2S/c12-7-3-1-2-4-9-15-18(16,17)11-10(13)6-5-8-14-11/h5-6,8,15H,1-4,7,9H2. The Labute approximate surface area is 115 Å². The van der Waals surface area contributed by atoms with Crippen molar-refractivity contribution < 1.29 is 12.8 Å². The molecule has 1 N–H and O–H groups in total. The van der Waals surface area contributed by atoms with E-state index in [1.807, 2.05) is 0 Å². The normalized spacial score (nSPS) is 11.7. The first-order chi connectivity index (χ1) is 8.58. The van der Waals surface area contributed by atoms with Crippen molar-refractivity contribution in [2.75, 3.05) is 11.9 Å². The van der Waals surface area contributed by atoms with Crippen molar-refractivity contribution in [1.82, 2.24) is 9.71 Å². The Kier molecular flexibility index (Phi) is 6.73. The molecule has 0 amide bonds. The lowest BCUT2D eigenvalue weighted by Crippen LogP contribution is -2.26. The summed E-state index contributed by atoms with van der Waals surface area (Å²) in [6, 6.07) is 2.44. The molecular weight excluding hydrogens is 323 g/mol. The van der Waals surface area contributed by atoms with Gasteiger partial charge in [-0.3, -0.25) is 0 Å². The lowest BCUT2D eigenvalue weighted by atomic mass is 10.2. The number of nitrogens with zero attached hydrogens (tertiary/aromatic N) is 1. The fourth-order valence-electron chi connectivity index (χ4n) is 1.42. The molecule has 1 aromatic rings. The molecule has 0 bridgehead atoms. The van der Waals surface area contributed by atoms with Gasteiger partial charge in [-0.1, -0.05) is 28.8 Å². The van der Waals surface area contributed by atoms with Gasteiger partial charge in [-0.05, 0) is 25.0 Å². The third kappa shape index (κ3) is 4.99. The summed E-state index contributed by atoms with van der Waals surface area (Å²) >= 11 is 3.33. The van der Waals surface area contributed by atoms with Crippen LogP contribution in [0.3, 0.4) is 0 Å². The van der Waals surface area contributed by atoms with Crippen LogP contribution in [0.4, 0.5) is 4.39 Å². The minimum absolute atomic E-state index is 0.306. The van der Waals surface area contributed by atoms with Gasteiger partial charge >= 0.3 is 0 Å². The quantitative estimate of drug-likeness (QED) is 0.585. The van der Waals surface area contributed by atoms with Gasteiger partial charge in [0, 0.05) is 18.1 Å². The Morgan fingerprint density at radius 1 is 1.28 bits per heavy atom. The zero-order valence-electron chi connectivity index (χ0n) is 9.90. The number of rotatable bonds is 8. The van der Waals surface area contributed by atoms with E-state index in [-0.39, 0.29) is 0 Å². The number of aromatic nitrogens is 1. The molecule has 0 spiro atoms. The first-order valence-electron chi connectivity index (χ1n) is 5.74. The number of pyridine rings is 1. The Morgan fingerprint density at radius 3 is 2.67 bits per heavy atom. The molecule has 0 saturated heterocycles. The molecule has 1 aromatic heterocycles. The van der Waals surface area contributed by atoms with Crippen LogP contribution in [0.2, 0.25) is 0 Å².